The first-order valence-electron chi connectivity index (χ1n) is 9.13. The van der Waals surface area contributed by atoms with Crippen LogP contribution in [0.4, 0.5) is 5.13 Å². The summed E-state index contributed by atoms with van der Waals surface area (Å²) in [6, 6.07) is 12.5. The number of rotatable bonds is 6. The zero-order valence-electron chi connectivity index (χ0n) is 16.6. The average Bonchev–Trinajstić information content (AvgIpc) is 3.44. The van der Waals surface area contributed by atoms with Gasteiger partial charge in [-0.2, -0.15) is 0 Å². The number of anilines is 1. The average molecular weight is 443 g/mol. The van der Waals surface area contributed by atoms with E-state index >= 15 is 0 Å². The summed E-state index contributed by atoms with van der Waals surface area (Å²) in [5, 5.41) is 1.12. The van der Waals surface area contributed by atoms with Gasteiger partial charge in [0.25, 0.3) is 5.91 Å². The lowest BCUT2D eigenvalue weighted by Gasteiger charge is -2.20. The van der Waals surface area contributed by atoms with Crippen molar-refractivity contribution < 1.29 is 18.7 Å². The molecule has 154 valence electrons. The molecule has 2 aromatic heterocycles. The van der Waals surface area contributed by atoms with E-state index in [9.17, 15) is 4.79 Å². The summed E-state index contributed by atoms with van der Waals surface area (Å²) >= 11 is 7.75. The molecule has 0 saturated heterocycles. The van der Waals surface area contributed by atoms with Crippen molar-refractivity contribution in [2.75, 3.05) is 19.1 Å². The smallest absolute Gasteiger partial charge is 0.264 e. The van der Waals surface area contributed by atoms with E-state index < -0.39 is 0 Å². The molecule has 2 heterocycles. The maximum absolute atomic E-state index is 13.6. The number of hydrogen-bond donors (Lipinski definition) is 0. The Balaban J connectivity index is 1.84. The normalized spacial score (nSPS) is 10.9. The summed E-state index contributed by atoms with van der Waals surface area (Å²) < 4.78 is 17.1. The number of hydrogen-bond acceptors (Lipinski definition) is 6. The summed E-state index contributed by atoms with van der Waals surface area (Å²) in [7, 11) is 3.07. The molecular weight excluding hydrogens is 424 g/mol. The van der Waals surface area contributed by atoms with E-state index in [4.69, 9.17) is 30.5 Å². The number of benzene rings is 2. The zero-order chi connectivity index (χ0) is 21.3. The maximum atomic E-state index is 13.6. The minimum absolute atomic E-state index is 0.211. The molecule has 0 aliphatic heterocycles. The van der Waals surface area contributed by atoms with Gasteiger partial charge in [0.1, 0.15) is 17.3 Å². The first kappa shape index (κ1) is 20.3. The summed E-state index contributed by atoms with van der Waals surface area (Å²) in [6.07, 6.45) is 1.57. The number of carbonyl (C=O) groups excluding carboxylic acids is 1. The SMILES string of the molecule is COc1ccc(OC)c(C(=O)N(Cc2ccco2)c2nc3c(C)ccc(Cl)c3s2)c1. The lowest BCUT2D eigenvalue weighted by Crippen LogP contribution is -2.30. The second-order valence-corrected chi connectivity index (χ2v) is 7.96. The molecule has 0 aliphatic rings. The van der Waals surface area contributed by atoms with Crippen LogP contribution in [0.5, 0.6) is 11.5 Å². The first-order chi connectivity index (χ1) is 14.5. The molecule has 30 heavy (non-hydrogen) atoms. The van der Waals surface area contributed by atoms with Gasteiger partial charge in [0.15, 0.2) is 5.13 Å². The van der Waals surface area contributed by atoms with E-state index in [2.05, 4.69) is 0 Å². The Bertz CT molecular complexity index is 1160. The van der Waals surface area contributed by atoms with Gasteiger partial charge in [0.05, 0.1) is 47.8 Å². The standard InChI is InChI=1S/C22H19ClN2O4S/c1-13-6-8-17(23)20-19(13)24-22(30-20)25(12-15-5-4-10-29-15)21(26)16-11-14(27-2)7-9-18(16)28-3/h4-11H,12H2,1-3H3. The molecular formula is C22H19ClN2O4S. The van der Waals surface area contributed by atoms with Gasteiger partial charge in [0, 0.05) is 0 Å². The number of carbonyl (C=O) groups is 1. The Morgan fingerprint density at radius 1 is 1.20 bits per heavy atom. The van der Waals surface area contributed by atoms with Crippen LogP contribution in [0.3, 0.4) is 0 Å². The molecule has 2 aromatic carbocycles. The number of halogens is 1. The highest BCUT2D eigenvalue weighted by atomic mass is 35.5. The Labute approximate surface area is 182 Å². The number of thiazole rings is 1. The predicted octanol–water partition coefficient (Wildman–Crippen LogP) is 5.72. The number of fused-ring (bicyclic) bond motifs is 1. The van der Waals surface area contributed by atoms with E-state index in [1.165, 1.54) is 18.4 Å². The van der Waals surface area contributed by atoms with Crippen LogP contribution in [0, 0.1) is 6.92 Å². The summed E-state index contributed by atoms with van der Waals surface area (Å²) in [4.78, 5) is 19.9. The molecule has 0 bridgehead atoms. The van der Waals surface area contributed by atoms with Crippen LogP contribution in [-0.2, 0) is 6.54 Å². The summed E-state index contributed by atoms with van der Waals surface area (Å²) in [6.45, 7) is 2.18. The Morgan fingerprint density at radius 3 is 2.70 bits per heavy atom. The summed E-state index contributed by atoms with van der Waals surface area (Å²) in [5.41, 5.74) is 2.13. The monoisotopic (exact) mass is 442 g/mol. The van der Waals surface area contributed by atoms with Crippen molar-refractivity contribution in [3.8, 4) is 11.5 Å². The zero-order valence-corrected chi connectivity index (χ0v) is 18.2. The van der Waals surface area contributed by atoms with Gasteiger partial charge in [0.2, 0.25) is 0 Å². The highest BCUT2D eigenvalue weighted by molar-refractivity contribution is 7.23. The molecule has 0 radical (unpaired) electrons. The number of aryl methyl sites for hydroxylation is 1. The van der Waals surface area contributed by atoms with Gasteiger partial charge in [-0.05, 0) is 48.9 Å². The molecule has 1 amide bonds. The highest BCUT2D eigenvalue weighted by Crippen LogP contribution is 2.37. The third-order valence-electron chi connectivity index (χ3n) is 4.69. The number of methoxy groups -OCH3 is 2. The molecule has 0 spiro atoms. The Morgan fingerprint density at radius 2 is 2.03 bits per heavy atom. The van der Waals surface area contributed by atoms with Gasteiger partial charge in [-0.15, -0.1) is 0 Å². The van der Waals surface area contributed by atoms with Crippen LogP contribution in [0.1, 0.15) is 21.7 Å². The van der Waals surface area contributed by atoms with Crippen molar-refractivity contribution in [3.63, 3.8) is 0 Å². The van der Waals surface area contributed by atoms with Crippen LogP contribution < -0.4 is 14.4 Å². The van der Waals surface area contributed by atoms with E-state index in [1.807, 2.05) is 25.1 Å². The fourth-order valence-electron chi connectivity index (χ4n) is 3.12. The second-order valence-electron chi connectivity index (χ2n) is 6.58. The number of ether oxygens (including phenoxy) is 2. The fourth-order valence-corrected chi connectivity index (χ4v) is 4.43. The molecule has 6 nitrogen and oxygen atoms in total. The Hall–Kier alpha value is -3.03. The van der Waals surface area contributed by atoms with Crippen molar-refractivity contribution in [2.24, 2.45) is 0 Å². The largest absolute Gasteiger partial charge is 0.497 e. The van der Waals surface area contributed by atoms with Crippen LogP contribution in [-0.4, -0.2) is 25.1 Å². The lowest BCUT2D eigenvalue weighted by molar-refractivity contribution is 0.0980. The van der Waals surface area contributed by atoms with Gasteiger partial charge in [-0.25, -0.2) is 4.98 Å². The van der Waals surface area contributed by atoms with Crippen LogP contribution in [0.2, 0.25) is 5.02 Å². The van der Waals surface area contributed by atoms with E-state index in [-0.39, 0.29) is 12.5 Å². The molecule has 0 fully saturated rings. The molecule has 0 atom stereocenters. The van der Waals surface area contributed by atoms with Gasteiger partial charge >= 0.3 is 0 Å². The van der Waals surface area contributed by atoms with Crippen LogP contribution >= 0.6 is 22.9 Å². The molecule has 8 heteroatoms. The second kappa shape index (κ2) is 8.38. The molecule has 4 aromatic rings. The fraction of sp³-hybridized carbons (Fsp3) is 0.182. The van der Waals surface area contributed by atoms with Crippen LogP contribution in [0.25, 0.3) is 10.2 Å². The molecule has 0 unspecified atom stereocenters. The molecule has 4 rings (SSSR count). The number of amides is 1. The van der Waals surface area contributed by atoms with E-state index in [1.54, 1.807) is 42.5 Å². The topological polar surface area (TPSA) is 64.8 Å². The third kappa shape index (κ3) is 3.74. The minimum atomic E-state index is -0.282. The predicted molar refractivity (Wildman–Crippen MR) is 118 cm³/mol. The molecule has 0 aliphatic carbocycles. The van der Waals surface area contributed by atoms with Gasteiger partial charge in [-0.3, -0.25) is 9.69 Å². The lowest BCUT2D eigenvalue weighted by atomic mass is 10.1. The van der Waals surface area contributed by atoms with E-state index in [0.29, 0.717) is 33.0 Å². The van der Waals surface area contributed by atoms with Crippen molar-refractivity contribution in [3.05, 3.63) is 70.6 Å². The highest BCUT2D eigenvalue weighted by Gasteiger charge is 2.26. The van der Waals surface area contributed by atoms with Crippen molar-refractivity contribution >= 4 is 44.2 Å². The molecule has 0 N–H and O–H groups in total. The van der Waals surface area contributed by atoms with Crippen molar-refractivity contribution in [1.29, 1.82) is 0 Å². The van der Waals surface area contributed by atoms with Crippen LogP contribution in [0.15, 0.2) is 53.1 Å². The van der Waals surface area contributed by atoms with Gasteiger partial charge in [-0.1, -0.05) is 29.0 Å². The minimum Gasteiger partial charge on any atom is -0.497 e. The van der Waals surface area contributed by atoms with E-state index in [0.717, 1.165) is 15.8 Å². The van der Waals surface area contributed by atoms with Crippen molar-refractivity contribution in [2.45, 2.75) is 13.5 Å². The third-order valence-corrected chi connectivity index (χ3v) is 6.23. The molecule has 0 saturated carbocycles. The number of nitrogens with zero attached hydrogens (tertiary/aromatic N) is 2. The number of aromatic nitrogens is 1. The Kier molecular flexibility index (Phi) is 5.65. The first-order valence-corrected chi connectivity index (χ1v) is 10.3. The number of furan rings is 1. The van der Waals surface area contributed by atoms with Gasteiger partial charge < -0.3 is 13.9 Å². The maximum Gasteiger partial charge on any atom is 0.264 e. The van der Waals surface area contributed by atoms with Crippen molar-refractivity contribution in [1.82, 2.24) is 4.98 Å². The summed E-state index contributed by atoms with van der Waals surface area (Å²) in [5.74, 6) is 1.35. The quantitative estimate of drug-likeness (QED) is 0.382.